The minimum atomic E-state index is -3.63. The summed E-state index contributed by atoms with van der Waals surface area (Å²) in [6.07, 6.45) is 1.17. The van der Waals surface area contributed by atoms with Gasteiger partial charge in [-0.05, 0) is 35.4 Å². The number of hydrogen-bond acceptors (Lipinski definition) is 4. The zero-order chi connectivity index (χ0) is 16.4. The standard InChI is InChI=1S/C17H14O5S/c18-17(19)8-10-23(20,21)13-4-1-3-12(11-13)14-5-2-6-16-15(14)7-9-22-16/h1-7,9,11H,8,10H2,(H,18,19). The molecule has 3 rings (SSSR count). The van der Waals surface area contributed by atoms with E-state index in [1.807, 2.05) is 30.3 Å². The van der Waals surface area contributed by atoms with Crippen molar-refractivity contribution < 1.29 is 22.7 Å². The van der Waals surface area contributed by atoms with Gasteiger partial charge in [-0.25, -0.2) is 8.42 Å². The van der Waals surface area contributed by atoms with Crippen LogP contribution in [0.15, 0.2) is 64.1 Å². The highest BCUT2D eigenvalue weighted by Crippen LogP contribution is 2.30. The molecular weight excluding hydrogens is 316 g/mol. The van der Waals surface area contributed by atoms with Crippen molar-refractivity contribution in [2.75, 3.05) is 5.75 Å². The number of carbonyl (C=O) groups is 1. The lowest BCUT2D eigenvalue weighted by molar-refractivity contribution is -0.136. The topological polar surface area (TPSA) is 84.6 Å². The van der Waals surface area contributed by atoms with Crippen LogP contribution in [-0.4, -0.2) is 25.2 Å². The van der Waals surface area contributed by atoms with E-state index < -0.39 is 28.0 Å². The SMILES string of the molecule is O=C(O)CCS(=O)(=O)c1cccc(-c2cccc3occc23)c1. The molecule has 5 nitrogen and oxygen atoms in total. The summed E-state index contributed by atoms with van der Waals surface area (Å²) in [4.78, 5) is 10.7. The Balaban J connectivity index is 2.03. The molecule has 0 aliphatic carbocycles. The minimum Gasteiger partial charge on any atom is -0.481 e. The Morgan fingerprint density at radius 3 is 2.65 bits per heavy atom. The van der Waals surface area contributed by atoms with Gasteiger partial charge in [-0.2, -0.15) is 0 Å². The number of aliphatic carboxylic acids is 1. The second-order valence-corrected chi connectivity index (χ2v) is 7.24. The Morgan fingerprint density at radius 2 is 1.87 bits per heavy atom. The highest BCUT2D eigenvalue weighted by atomic mass is 32.2. The monoisotopic (exact) mass is 330 g/mol. The number of fused-ring (bicyclic) bond motifs is 1. The third-order valence-electron chi connectivity index (χ3n) is 3.58. The van der Waals surface area contributed by atoms with Gasteiger partial charge >= 0.3 is 5.97 Å². The fourth-order valence-electron chi connectivity index (χ4n) is 2.44. The molecule has 1 aromatic heterocycles. The Hall–Kier alpha value is -2.60. The summed E-state index contributed by atoms with van der Waals surface area (Å²) >= 11 is 0. The van der Waals surface area contributed by atoms with E-state index in [1.54, 1.807) is 18.4 Å². The molecule has 1 heterocycles. The average Bonchev–Trinajstić information content (AvgIpc) is 3.02. The molecular formula is C17H14O5S. The van der Waals surface area contributed by atoms with Crippen molar-refractivity contribution in [1.29, 1.82) is 0 Å². The van der Waals surface area contributed by atoms with Gasteiger partial charge < -0.3 is 9.52 Å². The van der Waals surface area contributed by atoms with Crippen LogP contribution in [0.3, 0.4) is 0 Å². The van der Waals surface area contributed by atoms with Gasteiger partial charge in [-0.3, -0.25) is 4.79 Å². The number of carboxylic acids is 1. The first-order chi connectivity index (χ1) is 11.0. The van der Waals surface area contributed by atoms with E-state index in [4.69, 9.17) is 9.52 Å². The largest absolute Gasteiger partial charge is 0.481 e. The smallest absolute Gasteiger partial charge is 0.304 e. The summed E-state index contributed by atoms with van der Waals surface area (Å²) in [6.45, 7) is 0. The Bertz CT molecular complexity index is 969. The Kier molecular flexibility index (Phi) is 3.92. The minimum absolute atomic E-state index is 0.122. The molecule has 0 unspecified atom stereocenters. The first kappa shape index (κ1) is 15.3. The van der Waals surface area contributed by atoms with Gasteiger partial charge in [-0.15, -0.1) is 0 Å². The van der Waals surface area contributed by atoms with Gasteiger partial charge in [0.2, 0.25) is 0 Å². The molecule has 118 valence electrons. The van der Waals surface area contributed by atoms with Crippen molar-refractivity contribution in [3.63, 3.8) is 0 Å². The summed E-state index contributed by atoms with van der Waals surface area (Å²) in [5.74, 6) is -1.55. The summed E-state index contributed by atoms with van der Waals surface area (Å²) in [6, 6.07) is 13.9. The molecule has 0 radical (unpaired) electrons. The maximum atomic E-state index is 12.3. The van der Waals surface area contributed by atoms with Crippen molar-refractivity contribution in [3.8, 4) is 11.1 Å². The van der Waals surface area contributed by atoms with Crippen LogP contribution in [0.4, 0.5) is 0 Å². The second kappa shape index (κ2) is 5.89. The number of hydrogen-bond donors (Lipinski definition) is 1. The number of carboxylic acid groups (broad SMARTS) is 1. The summed E-state index contributed by atoms with van der Waals surface area (Å²) in [5, 5.41) is 9.57. The zero-order valence-electron chi connectivity index (χ0n) is 12.1. The van der Waals surface area contributed by atoms with Crippen molar-refractivity contribution in [3.05, 3.63) is 54.8 Å². The van der Waals surface area contributed by atoms with Crippen LogP contribution in [0.5, 0.6) is 0 Å². The zero-order valence-corrected chi connectivity index (χ0v) is 12.9. The van der Waals surface area contributed by atoms with Crippen molar-refractivity contribution in [1.82, 2.24) is 0 Å². The van der Waals surface area contributed by atoms with E-state index in [2.05, 4.69) is 0 Å². The predicted molar refractivity (Wildman–Crippen MR) is 86.0 cm³/mol. The van der Waals surface area contributed by atoms with Crippen LogP contribution in [0, 0.1) is 0 Å². The Morgan fingerprint density at radius 1 is 1.09 bits per heavy atom. The van der Waals surface area contributed by atoms with Gasteiger partial charge in [0.1, 0.15) is 5.58 Å². The third kappa shape index (κ3) is 3.12. The molecule has 0 bridgehead atoms. The van der Waals surface area contributed by atoms with Crippen LogP contribution in [0.25, 0.3) is 22.1 Å². The first-order valence-corrected chi connectivity index (χ1v) is 8.64. The first-order valence-electron chi connectivity index (χ1n) is 6.98. The molecule has 0 saturated heterocycles. The van der Waals surface area contributed by atoms with E-state index in [9.17, 15) is 13.2 Å². The van der Waals surface area contributed by atoms with Crippen LogP contribution >= 0.6 is 0 Å². The van der Waals surface area contributed by atoms with Crippen LogP contribution < -0.4 is 0 Å². The molecule has 0 spiro atoms. The number of rotatable bonds is 5. The van der Waals surface area contributed by atoms with Crippen LogP contribution in [0.1, 0.15) is 6.42 Å². The summed E-state index contributed by atoms with van der Waals surface area (Å²) in [7, 11) is -3.63. The molecule has 0 atom stereocenters. The van der Waals surface area contributed by atoms with E-state index in [0.717, 1.165) is 22.1 Å². The molecule has 0 saturated carbocycles. The number of furan rings is 1. The van der Waals surface area contributed by atoms with E-state index in [1.165, 1.54) is 6.07 Å². The van der Waals surface area contributed by atoms with Gasteiger partial charge in [0.05, 0.1) is 23.3 Å². The fraction of sp³-hybridized carbons (Fsp3) is 0.118. The molecule has 6 heteroatoms. The highest BCUT2D eigenvalue weighted by molar-refractivity contribution is 7.91. The van der Waals surface area contributed by atoms with Gasteiger partial charge in [0.15, 0.2) is 9.84 Å². The van der Waals surface area contributed by atoms with Crippen molar-refractivity contribution in [2.45, 2.75) is 11.3 Å². The fourth-order valence-corrected chi connectivity index (χ4v) is 3.71. The summed E-state index contributed by atoms with van der Waals surface area (Å²) < 4.78 is 29.9. The van der Waals surface area contributed by atoms with Crippen LogP contribution in [-0.2, 0) is 14.6 Å². The second-order valence-electron chi connectivity index (χ2n) is 5.13. The lowest BCUT2D eigenvalue weighted by atomic mass is 10.0. The van der Waals surface area contributed by atoms with E-state index in [-0.39, 0.29) is 4.90 Å². The lowest BCUT2D eigenvalue weighted by Crippen LogP contribution is -2.11. The quantitative estimate of drug-likeness (QED) is 0.775. The van der Waals surface area contributed by atoms with Crippen LogP contribution in [0.2, 0.25) is 0 Å². The molecule has 1 N–H and O–H groups in total. The predicted octanol–water partition coefficient (Wildman–Crippen LogP) is 3.35. The molecule has 0 aliphatic rings. The molecule has 0 fully saturated rings. The molecule has 3 aromatic rings. The molecule has 0 amide bonds. The van der Waals surface area contributed by atoms with Crippen molar-refractivity contribution >= 4 is 26.8 Å². The average molecular weight is 330 g/mol. The van der Waals surface area contributed by atoms with Gasteiger partial charge in [0.25, 0.3) is 0 Å². The van der Waals surface area contributed by atoms with Crippen molar-refractivity contribution in [2.24, 2.45) is 0 Å². The highest BCUT2D eigenvalue weighted by Gasteiger charge is 2.17. The maximum Gasteiger partial charge on any atom is 0.304 e. The maximum absolute atomic E-state index is 12.3. The normalized spacial score (nSPS) is 11.7. The number of benzene rings is 2. The Labute approximate surface area is 133 Å². The summed E-state index contributed by atoms with van der Waals surface area (Å²) in [5.41, 5.74) is 2.33. The van der Waals surface area contributed by atoms with Gasteiger partial charge in [-0.1, -0.05) is 24.3 Å². The molecule has 0 aliphatic heterocycles. The third-order valence-corrected chi connectivity index (χ3v) is 5.30. The molecule has 23 heavy (non-hydrogen) atoms. The lowest BCUT2D eigenvalue weighted by Gasteiger charge is -2.07. The van der Waals surface area contributed by atoms with Gasteiger partial charge in [0, 0.05) is 5.39 Å². The van der Waals surface area contributed by atoms with E-state index >= 15 is 0 Å². The van der Waals surface area contributed by atoms with E-state index in [0.29, 0.717) is 0 Å². The number of sulfone groups is 1. The molecule has 2 aromatic carbocycles.